The summed E-state index contributed by atoms with van der Waals surface area (Å²) in [6.07, 6.45) is 0.398. The van der Waals surface area contributed by atoms with Crippen molar-refractivity contribution in [3.8, 4) is 0 Å². The van der Waals surface area contributed by atoms with E-state index in [1.165, 1.54) is 11.7 Å². The van der Waals surface area contributed by atoms with Crippen LogP contribution in [-0.2, 0) is 23.6 Å². The summed E-state index contributed by atoms with van der Waals surface area (Å²) in [4.78, 5) is -0.292. The van der Waals surface area contributed by atoms with Crippen molar-refractivity contribution in [2.75, 3.05) is 0 Å². The van der Waals surface area contributed by atoms with Crippen molar-refractivity contribution in [2.45, 2.75) is 18.2 Å². The predicted octanol–water partition coefficient (Wildman–Crippen LogP) is 0.883. The maximum absolute atomic E-state index is 10.9. The molecule has 74 valence electrons. The van der Waals surface area contributed by atoms with Gasteiger partial charge in [-0.15, -0.1) is 0 Å². The van der Waals surface area contributed by atoms with Crippen molar-refractivity contribution in [3.05, 3.63) is 10.8 Å². The summed E-state index contributed by atoms with van der Waals surface area (Å²) in [5, 5.41) is 3.77. The molecule has 0 bridgehead atoms. The van der Waals surface area contributed by atoms with E-state index in [9.17, 15) is 8.42 Å². The minimum absolute atomic E-state index is 0.0700. The van der Waals surface area contributed by atoms with E-state index in [2.05, 4.69) is 5.10 Å². The van der Waals surface area contributed by atoms with E-state index in [0.717, 1.165) is 0 Å². The Morgan fingerprint density at radius 3 is 2.46 bits per heavy atom. The number of nitrogens with zero attached hydrogens (tertiary/aromatic N) is 2. The van der Waals surface area contributed by atoms with Crippen molar-refractivity contribution < 1.29 is 13.0 Å². The van der Waals surface area contributed by atoms with E-state index in [4.69, 9.17) is 16.2 Å². The van der Waals surface area contributed by atoms with Crippen LogP contribution in [0.15, 0.2) is 4.90 Å². The molecule has 0 aromatic carbocycles. The van der Waals surface area contributed by atoms with Gasteiger partial charge >= 0.3 is 0 Å². The average molecular weight is 225 g/mol. The summed E-state index contributed by atoms with van der Waals surface area (Å²) in [6.45, 7) is 1.73. The number of hydrogen-bond acceptors (Lipinski definition) is 3. The summed E-state index contributed by atoms with van der Waals surface area (Å²) < 4.78 is 31.8. The summed E-state index contributed by atoms with van der Waals surface area (Å²) in [7, 11) is -2.76. The highest BCUT2D eigenvalue weighted by Crippen LogP contribution is 2.24. The van der Waals surface area contributed by atoms with Gasteiger partial charge in [0.25, 0.3) is 10.1 Å². The standard InChI is InChI=1S/C6H9ClN2O3S/c1-3-4-5(13(10,11)12)6(7)9(2)8-4/h3H2,1-2H3,(H,10,11,12). The molecule has 7 heteroatoms. The van der Waals surface area contributed by atoms with Gasteiger partial charge in [-0.2, -0.15) is 13.5 Å². The first kappa shape index (κ1) is 10.5. The summed E-state index contributed by atoms with van der Waals surface area (Å²) in [5.41, 5.74) is 0.273. The fourth-order valence-electron chi connectivity index (χ4n) is 1.02. The van der Waals surface area contributed by atoms with Crippen LogP contribution in [0.1, 0.15) is 12.6 Å². The molecule has 0 spiro atoms. The maximum Gasteiger partial charge on any atom is 0.299 e. The van der Waals surface area contributed by atoms with Gasteiger partial charge in [0.05, 0.1) is 5.69 Å². The fraction of sp³-hybridized carbons (Fsp3) is 0.500. The van der Waals surface area contributed by atoms with Gasteiger partial charge in [0, 0.05) is 7.05 Å². The lowest BCUT2D eigenvalue weighted by Crippen LogP contribution is -2.01. The Hall–Kier alpha value is -0.590. The molecule has 0 saturated heterocycles. The first-order chi connectivity index (χ1) is 5.88. The quantitative estimate of drug-likeness (QED) is 0.757. The van der Waals surface area contributed by atoms with E-state index in [1.54, 1.807) is 6.92 Å². The second-order valence-corrected chi connectivity index (χ2v) is 4.24. The van der Waals surface area contributed by atoms with Crippen molar-refractivity contribution in [1.29, 1.82) is 0 Å². The monoisotopic (exact) mass is 224 g/mol. The molecule has 0 amide bonds. The molecular formula is C6H9ClN2O3S. The Morgan fingerprint density at radius 1 is 1.62 bits per heavy atom. The van der Waals surface area contributed by atoms with Crippen LogP contribution in [-0.4, -0.2) is 22.8 Å². The first-order valence-corrected chi connectivity index (χ1v) is 5.38. The highest BCUT2D eigenvalue weighted by molar-refractivity contribution is 7.86. The van der Waals surface area contributed by atoms with E-state index < -0.39 is 10.1 Å². The van der Waals surface area contributed by atoms with Gasteiger partial charge in [0.1, 0.15) is 5.15 Å². The predicted molar refractivity (Wildman–Crippen MR) is 47.4 cm³/mol. The van der Waals surface area contributed by atoms with Gasteiger partial charge in [-0.1, -0.05) is 18.5 Å². The lowest BCUT2D eigenvalue weighted by Gasteiger charge is -1.95. The third-order valence-corrected chi connectivity index (χ3v) is 3.09. The largest absolute Gasteiger partial charge is 0.299 e. The fourth-order valence-corrected chi connectivity index (χ4v) is 2.29. The molecule has 1 aromatic rings. The van der Waals surface area contributed by atoms with Crippen molar-refractivity contribution in [3.63, 3.8) is 0 Å². The highest BCUT2D eigenvalue weighted by Gasteiger charge is 2.23. The molecule has 1 heterocycles. The maximum atomic E-state index is 10.9. The molecule has 1 rings (SSSR count). The van der Waals surface area contributed by atoms with E-state index in [0.29, 0.717) is 6.42 Å². The van der Waals surface area contributed by atoms with Crippen LogP contribution < -0.4 is 0 Å². The molecule has 1 aromatic heterocycles. The second kappa shape index (κ2) is 3.28. The molecule has 0 aliphatic heterocycles. The zero-order valence-electron chi connectivity index (χ0n) is 7.15. The normalized spacial score (nSPS) is 12.0. The average Bonchev–Trinajstić information content (AvgIpc) is 2.26. The van der Waals surface area contributed by atoms with Crippen molar-refractivity contribution in [1.82, 2.24) is 9.78 Å². The van der Waals surface area contributed by atoms with Crippen molar-refractivity contribution in [2.24, 2.45) is 7.05 Å². The molecule has 0 unspecified atom stereocenters. The Balaban J connectivity index is 3.51. The van der Waals surface area contributed by atoms with Crippen LogP contribution in [0.2, 0.25) is 5.15 Å². The summed E-state index contributed by atoms with van der Waals surface area (Å²) >= 11 is 5.64. The molecule has 0 radical (unpaired) electrons. The number of aromatic nitrogens is 2. The van der Waals surface area contributed by atoms with Gasteiger partial charge in [0.2, 0.25) is 0 Å². The Morgan fingerprint density at radius 2 is 2.15 bits per heavy atom. The number of rotatable bonds is 2. The van der Waals surface area contributed by atoms with Crippen LogP contribution >= 0.6 is 11.6 Å². The minimum Gasteiger partial charge on any atom is -0.282 e. The topological polar surface area (TPSA) is 72.2 Å². The minimum atomic E-state index is -4.27. The summed E-state index contributed by atoms with van der Waals surface area (Å²) in [6, 6.07) is 0. The van der Waals surface area contributed by atoms with Crippen LogP contribution in [0.25, 0.3) is 0 Å². The van der Waals surface area contributed by atoms with Gasteiger partial charge < -0.3 is 0 Å². The van der Waals surface area contributed by atoms with Crippen LogP contribution in [0, 0.1) is 0 Å². The van der Waals surface area contributed by atoms with Crippen molar-refractivity contribution >= 4 is 21.7 Å². The Bertz CT molecular complexity index is 423. The van der Waals surface area contributed by atoms with Gasteiger partial charge in [-0.05, 0) is 6.42 Å². The van der Waals surface area contributed by atoms with Gasteiger partial charge in [-0.3, -0.25) is 9.23 Å². The van der Waals surface area contributed by atoms with Crippen LogP contribution in [0.3, 0.4) is 0 Å². The first-order valence-electron chi connectivity index (χ1n) is 3.56. The zero-order valence-corrected chi connectivity index (χ0v) is 8.72. The van der Waals surface area contributed by atoms with Gasteiger partial charge in [-0.25, -0.2) is 0 Å². The summed E-state index contributed by atoms with van der Waals surface area (Å²) in [5.74, 6) is 0. The van der Waals surface area contributed by atoms with E-state index in [1.807, 2.05) is 0 Å². The Labute approximate surface area is 81.1 Å². The van der Waals surface area contributed by atoms with Gasteiger partial charge in [0.15, 0.2) is 4.90 Å². The second-order valence-electron chi connectivity index (χ2n) is 2.52. The lowest BCUT2D eigenvalue weighted by molar-refractivity contribution is 0.482. The lowest BCUT2D eigenvalue weighted by atomic mass is 10.3. The Kier molecular flexibility index (Phi) is 2.65. The van der Waals surface area contributed by atoms with E-state index in [-0.39, 0.29) is 15.7 Å². The SMILES string of the molecule is CCc1nn(C)c(Cl)c1S(=O)(=O)O. The number of halogens is 1. The highest BCUT2D eigenvalue weighted by atomic mass is 35.5. The molecule has 0 fully saturated rings. The zero-order chi connectivity index (χ0) is 10.2. The molecule has 1 N–H and O–H groups in total. The van der Waals surface area contributed by atoms with Crippen LogP contribution in [0.4, 0.5) is 0 Å². The molecule has 0 atom stereocenters. The molecular weight excluding hydrogens is 216 g/mol. The molecule has 5 nitrogen and oxygen atoms in total. The van der Waals surface area contributed by atoms with Crippen LogP contribution in [0.5, 0.6) is 0 Å². The molecule has 0 aliphatic rings. The third kappa shape index (κ3) is 1.84. The number of hydrogen-bond donors (Lipinski definition) is 1. The molecule has 0 saturated carbocycles. The molecule has 0 aliphatic carbocycles. The third-order valence-electron chi connectivity index (χ3n) is 1.60. The van der Waals surface area contributed by atoms with E-state index >= 15 is 0 Å². The number of aryl methyl sites for hydroxylation is 2. The smallest absolute Gasteiger partial charge is 0.282 e. The molecule has 13 heavy (non-hydrogen) atoms.